The molecule has 0 aromatic rings. The lowest BCUT2D eigenvalue weighted by Gasteiger charge is -2.39. The second-order valence-electron chi connectivity index (χ2n) is 4.82. The molecule has 3 nitrogen and oxygen atoms in total. The highest BCUT2D eigenvalue weighted by Gasteiger charge is 2.32. The molecule has 0 aromatic carbocycles. The molecule has 1 N–H and O–H groups in total. The van der Waals surface area contributed by atoms with Gasteiger partial charge >= 0.3 is 0 Å². The van der Waals surface area contributed by atoms with E-state index in [4.69, 9.17) is 9.47 Å². The Morgan fingerprint density at radius 2 is 2.07 bits per heavy atom. The molecule has 88 valence electrons. The van der Waals surface area contributed by atoms with E-state index in [1.54, 1.807) is 0 Å². The van der Waals surface area contributed by atoms with Crippen molar-refractivity contribution in [2.24, 2.45) is 0 Å². The molecule has 1 heterocycles. The van der Waals surface area contributed by atoms with Crippen molar-refractivity contribution < 1.29 is 9.47 Å². The smallest absolute Gasteiger partial charge is 0.0604 e. The van der Waals surface area contributed by atoms with Crippen LogP contribution in [0.25, 0.3) is 0 Å². The fraction of sp³-hybridized carbons (Fsp3) is 1.00. The Labute approximate surface area is 92.5 Å². The van der Waals surface area contributed by atoms with E-state index in [0.717, 1.165) is 19.6 Å². The van der Waals surface area contributed by atoms with E-state index in [0.29, 0.717) is 24.3 Å². The van der Waals surface area contributed by atoms with Crippen molar-refractivity contribution in [2.75, 3.05) is 13.2 Å². The summed E-state index contributed by atoms with van der Waals surface area (Å²) in [7, 11) is 0. The van der Waals surface area contributed by atoms with Crippen LogP contribution in [0, 0.1) is 0 Å². The maximum Gasteiger partial charge on any atom is 0.0604 e. The summed E-state index contributed by atoms with van der Waals surface area (Å²) in [5.41, 5.74) is 0. The predicted octanol–water partition coefficient (Wildman–Crippen LogP) is 1.71. The molecule has 2 aliphatic rings. The van der Waals surface area contributed by atoms with Crippen LogP contribution >= 0.6 is 0 Å². The number of hydrogen-bond acceptors (Lipinski definition) is 3. The van der Waals surface area contributed by atoms with E-state index in [1.807, 2.05) is 0 Å². The third-order valence-electron chi connectivity index (χ3n) is 3.45. The second kappa shape index (κ2) is 5.28. The first-order chi connectivity index (χ1) is 7.28. The fourth-order valence-corrected chi connectivity index (χ4v) is 2.56. The molecule has 2 unspecified atom stereocenters. The van der Waals surface area contributed by atoms with E-state index in [9.17, 15) is 0 Å². The van der Waals surface area contributed by atoms with Gasteiger partial charge < -0.3 is 14.8 Å². The molecule has 2 fully saturated rings. The number of ether oxygens (including phenoxy) is 2. The Morgan fingerprint density at radius 3 is 2.73 bits per heavy atom. The SMILES string of the molecule is CCOC1CC(NC2CCOC(C)C2)C1. The van der Waals surface area contributed by atoms with Crippen molar-refractivity contribution >= 4 is 0 Å². The standard InChI is InChI=1S/C12H23NO2/c1-3-14-12-7-11(8-12)13-10-4-5-15-9(2)6-10/h9-13H,3-8H2,1-2H3. The lowest BCUT2D eigenvalue weighted by molar-refractivity contribution is -0.0258. The minimum absolute atomic E-state index is 0.430. The van der Waals surface area contributed by atoms with Gasteiger partial charge in [0.25, 0.3) is 0 Å². The van der Waals surface area contributed by atoms with E-state index >= 15 is 0 Å². The zero-order chi connectivity index (χ0) is 10.7. The molecule has 1 saturated heterocycles. The summed E-state index contributed by atoms with van der Waals surface area (Å²) in [6.07, 6.45) is 5.67. The Kier molecular flexibility index (Phi) is 4.00. The lowest BCUT2D eigenvalue weighted by Crippen LogP contribution is -2.51. The van der Waals surface area contributed by atoms with Gasteiger partial charge in [-0.05, 0) is 39.5 Å². The quantitative estimate of drug-likeness (QED) is 0.771. The third kappa shape index (κ3) is 3.16. The summed E-state index contributed by atoms with van der Waals surface area (Å²) in [5.74, 6) is 0. The number of rotatable bonds is 4. The molecule has 15 heavy (non-hydrogen) atoms. The summed E-state index contributed by atoms with van der Waals surface area (Å²) in [6, 6.07) is 1.36. The normalized spacial score (nSPS) is 41.2. The van der Waals surface area contributed by atoms with Gasteiger partial charge in [-0.25, -0.2) is 0 Å². The number of hydrogen-bond donors (Lipinski definition) is 1. The van der Waals surface area contributed by atoms with Gasteiger partial charge in [0.1, 0.15) is 0 Å². The van der Waals surface area contributed by atoms with Gasteiger partial charge in [0.2, 0.25) is 0 Å². The van der Waals surface area contributed by atoms with E-state index in [1.165, 1.54) is 19.3 Å². The maximum atomic E-state index is 5.55. The lowest BCUT2D eigenvalue weighted by atomic mass is 9.87. The van der Waals surface area contributed by atoms with E-state index in [-0.39, 0.29) is 0 Å². The van der Waals surface area contributed by atoms with Crippen LogP contribution < -0.4 is 5.32 Å². The van der Waals surface area contributed by atoms with E-state index in [2.05, 4.69) is 19.2 Å². The summed E-state index contributed by atoms with van der Waals surface area (Å²) < 4.78 is 11.1. The molecule has 0 radical (unpaired) electrons. The van der Waals surface area contributed by atoms with Crippen LogP contribution in [-0.2, 0) is 9.47 Å². The van der Waals surface area contributed by atoms with Gasteiger partial charge in [0.15, 0.2) is 0 Å². The zero-order valence-corrected chi connectivity index (χ0v) is 9.87. The average Bonchev–Trinajstić information content (AvgIpc) is 2.15. The van der Waals surface area contributed by atoms with Gasteiger partial charge in [0, 0.05) is 25.3 Å². The van der Waals surface area contributed by atoms with Crippen LogP contribution in [0.4, 0.5) is 0 Å². The van der Waals surface area contributed by atoms with Crippen LogP contribution in [0.15, 0.2) is 0 Å². The highest BCUT2D eigenvalue weighted by Crippen LogP contribution is 2.25. The minimum Gasteiger partial charge on any atom is -0.378 e. The molecule has 0 bridgehead atoms. The van der Waals surface area contributed by atoms with Crippen LogP contribution in [0.1, 0.15) is 39.5 Å². The van der Waals surface area contributed by atoms with Gasteiger partial charge in [0.05, 0.1) is 12.2 Å². The molecule has 1 aliphatic heterocycles. The van der Waals surface area contributed by atoms with Gasteiger partial charge in [-0.15, -0.1) is 0 Å². The second-order valence-corrected chi connectivity index (χ2v) is 4.82. The van der Waals surface area contributed by atoms with Crippen molar-refractivity contribution in [3.63, 3.8) is 0 Å². The Balaban J connectivity index is 1.62. The Bertz CT molecular complexity index is 192. The molecule has 1 saturated carbocycles. The summed E-state index contributed by atoms with van der Waals surface area (Å²) in [4.78, 5) is 0. The van der Waals surface area contributed by atoms with Crippen LogP contribution in [0.2, 0.25) is 0 Å². The predicted molar refractivity (Wildman–Crippen MR) is 60.0 cm³/mol. The van der Waals surface area contributed by atoms with Crippen LogP contribution in [0.5, 0.6) is 0 Å². The summed E-state index contributed by atoms with van der Waals surface area (Å²) in [6.45, 7) is 6.00. The highest BCUT2D eigenvalue weighted by atomic mass is 16.5. The van der Waals surface area contributed by atoms with Gasteiger partial charge in [-0.3, -0.25) is 0 Å². The molecule has 2 rings (SSSR count). The molecule has 0 aromatic heterocycles. The molecule has 0 amide bonds. The molecular formula is C12H23NO2. The molecular weight excluding hydrogens is 190 g/mol. The highest BCUT2D eigenvalue weighted by molar-refractivity contribution is 4.89. The Morgan fingerprint density at radius 1 is 1.27 bits per heavy atom. The fourth-order valence-electron chi connectivity index (χ4n) is 2.56. The first kappa shape index (κ1) is 11.4. The van der Waals surface area contributed by atoms with Crippen molar-refractivity contribution in [3.8, 4) is 0 Å². The van der Waals surface area contributed by atoms with E-state index < -0.39 is 0 Å². The monoisotopic (exact) mass is 213 g/mol. The van der Waals surface area contributed by atoms with Crippen molar-refractivity contribution in [1.29, 1.82) is 0 Å². The zero-order valence-electron chi connectivity index (χ0n) is 9.87. The molecule has 3 heteroatoms. The van der Waals surface area contributed by atoms with Crippen molar-refractivity contribution in [1.82, 2.24) is 5.32 Å². The Hall–Kier alpha value is -0.120. The van der Waals surface area contributed by atoms with Crippen LogP contribution in [-0.4, -0.2) is 37.5 Å². The molecule has 0 spiro atoms. The summed E-state index contributed by atoms with van der Waals surface area (Å²) >= 11 is 0. The molecule has 1 aliphatic carbocycles. The largest absolute Gasteiger partial charge is 0.378 e. The van der Waals surface area contributed by atoms with Gasteiger partial charge in [-0.1, -0.05) is 0 Å². The number of nitrogens with one attached hydrogen (secondary N) is 1. The van der Waals surface area contributed by atoms with Crippen molar-refractivity contribution in [2.45, 2.75) is 63.8 Å². The van der Waals surface area contributed by atoms with Crippen molar-refractivity contribution in [3.05, 3.63) is 0 Å². The average molecular weight is 213 g/mol. The topological polar surface area (TPSA) is 30.5 Å². The maximum absolute atomic E-state index is 5.55. The minimum atomic E-state index is 0.430. The van der Waals surface area contributed by atoms with Crippen LogP contribution in [0.3, 0.4) is 0 Å². The summed E-state index contributed by atoms with van der Waals surface area (Å²) in [5, 5.41) is 3.71. The first-order valence-electron chi connectivity index (χ1n) is 6.27. The van der Waals surface area contributed by atoms with Gasteiger partial charge in [-0.2, -0.15) is 0 Å². The molecule has 2 atom stereocenters. The first-order valence-corrected chi connectivity index (χ1v) is 6.27. The third-order valence-corrected chi connectivity index (χ3v) is 3.45.